The van der Waals surface area contributed by atoms with Crippen LogP contribution in [0.1, 0.15) is 43.5 Å². The first-order valence-electron chi connectivity index (χ1n) is 11.6. The molecule has 0 unspecified atom stereocenters. The van der Waals surface area contributed by atoms with E-state index in [1.165, 1.54) is 11.1 Å². The van der Waals surface area contributed by atoms with Gasteiger partial charge in [0.05, 0.1) is 10.7 Å². The molecule has 8 nitrogen and oxygen atoms in total. The lowest BCUT2D eigenvalue weighted by molar-refractivity contribution is 0.311. The van der Waals surface area contributed by atoms with Gasteiger partial charge in [-0.05, 0) is 37.9 Å². The maximum atomic E-state index is 6.70. The van der Waals surface area contributed by atoms with Crippen molar-refractivity contribution in [2.75, 3.05) is 43.4 Å². The molecule has 0 amide bonds. The van der Waals surface area contributed by atoms with E-state index in [-0.39, 0.29) is 11.9 Å². The Labute approximate surface area is 204 Å². The number of ether oxygens (including phenoxy) is 1. The minimum Gasteiger partial charge on any atom is -0.423 e. The first-order chi connectivity index (χ1) is 16.4. The SMILES string of the molecule is CC1=Cc2c(ccc(Oc3nc(Nc4cc(C(C)C)no4)cc(N4CCN(C)CC4)n3)c2Cl)C1. The normalized spacial score (nSPS) is 16.1. The summed E-state index contributed by atoms with van der Waals surface area (Å²) in [5.74, 6) is 2.68. The highest BCUT2D eigenvalue weighted by Crippen LogP contribution is 2.39. The molecule has 1 saturated heterocycles. The van der Waals surface area contributed by atoms with Gasteiger partial charge in [0.25, 0.3) is 0 Å². The summed E-state index contributed by atoms with van der Waals surface area (Å²) >= 11 is 6.70. The molecule has 3 aromatic rings. The van der Waals surface area contributed by atoms with E-state index in [2.05, 4.69) is 65.2 Å². The first-order valence-corrected chi connectivity index (χ1v) is 12.0. The molecular weight excluding hydrogens is 452 g/mol. The average Bonchev–Trinajstić information content (AvgIpc) is 3.43. The molecule has 1 fully saturated rings. The standard InChI is InChI=1S/C25H29ClN6O2/c1-15(2)19-13-23(34-30-19)27-21-14-22(32-9-7-31(4)8-10-32)29-25(28-21)33-20-6-5-17-11-16(3)12-18(17)24(20)26/h5-6,12-15H,7-11H2,1-4H3,(H,27,28,29). The number of likely N-dealkylation sites (N-methyl/N-ethyl adjacent to an activating group) is 1. The monoisotopic (exact) mass is 480 g/mol. The molecule has 0 radical (unpaired) electrons. The molecule has 9 heteroatoms. The molecule has 0 saturated carbocycles. The molecule has 178 valence electrons. The lowest BCUT2D eigenvalue weighted by Crippen LogP contribution is -2.44. The molecule has 5 rings (SSSR count). The molecule has 1 aliphatic heterocycles. The van der Waals surface area contributed by atoms with Crippen molar-refractivity contribution in [3.8, 4) is 11.8 Å². The molecule has 34 heavy (non-hydrogen) atoms. The zero-order chi connectivity index (χ0) is 23.8. The number of halogens is 1. The molecule has 2 aliphatic rings. The highest BCUT2D eigenvalue weighted by atomic mass is 35.5. The van der Waals surface area contributed by atoms with E-state index in [0.29, 0.717) is 22.5 Å². The van der Waals surface area contributed by atoms with Gasteiger partial charge in [-0.2, -0.15) is 9.97 Å². The van der Waals surface area contributed by atoms with E-state index in [0.717, 1.165) is 49.7 Å². The van der Waals surface area contributed by atoms with Crippen molar-refractivity contribution in [3.05, 3.63) is 51.7 Å². The molecule has 2 aromatic heterocycles. The molecule has 1 aromatic carbocycles. The number of nitrogens with one attached hydrogen (secondary N) is 1. The Bertz CT molecular complexity index is 1230. The summed E-state index contributed by atoms with van der Waals surface area (Å²) in [5, 5.41) is 7.92. The van der Waals surface area contributed by atoms with Gasteiger partial charge in [0, 0.05) is 43.9 Å². The summed E-state index contributed by atoms with van der Waals surface area (Å²) in [4.78, 5) is 13.8. The highest BCUT2D eigenvalue weighted by molar-refractivity contribution is 6.33. The van der Waals surface area contributed by atoms with Gasteiger partial charge in [0.2, 0.25) is 5.88 Å². The third-order valence-corrected chi connectivity index (χ3v) is 6.58. The number of allylic oxidation sites excluding steroid dienone is 1. The Balaban J connectivity index is 1.46. The molecular formula is C25H29ClN6O2. The third kappa shape index (κ3) is 4.74. The number of benzene rings is 1. The van der Waals surface area contributed by atoms with E-state index < -0.39 is 0 Å². The van der Waals surface area contributed by atoms with Gasteiger partial charge >= 0.3 is 6.01 Å². The largest absolute Gasteiger partial charge is 0.423 e. The van der Waals surface area contributed by atoms with Crippen LogP contribution in [0, 0.1) is 0 Å². The van der Waals surface area contributed by atoms with Gasteiger partial charge in [-0.15, -0.1) is 0 Å². The highest BCUT2D eigenvalue weighted by Gasteiger charge is 2.21. The van der Waals surface area contributed by atoms with E-state index in [4.69, 9.17) is 25.8 Å². The van der Waals surface area contributed by atoms with E-state index in [1.807, 2.05) is 18.2 Å². The topological polar surface area (TPSA) is 79.5 Å². The average molecular weight is 481 g/mol. The van der Waals surface area contributed by atoms with Crippen molar-refractivity contribution in [1.82, 2.24) is 20.0 Å². The third-order valence-electron chi connectivity index (χ3n) is 6.19. The molecule has 1 aliphatic carbocycles. The van der Waals surface area contributed by atoms with Crippen LogP contribution in [-0.2, 0) is 6.42 Å². The van der Waals surface area contributed by atoms with E-state index >= 15 is 0 Å². The Hall–Kier alpha value is -3.10. The summed E-state index contributed by atoms with van der Waals surface area (Å²) in [6.07, 6.45) is 3.02. The number of nitrogens with zero attached hydrogens (tertiary/aromatic N) is 5. The fraction of sp³-hybridized carbons (Fsp3) is 0.400. The number of piperazine rings is 1. The van der Waals surface area contributed by atoms with Gasteiger partial charge in [0.15, 0.2) is 0 Å². The lowest BCUT2D eigenvalue weighted by Gasteiger charge is -2.33. The van der Waals surface area contributed by atoms with Crippen molar-refractivity contribution in [2.45, 2.75) is 33.1 Å². The summed E-state index contributed by atoms with van der Waals surface area (Å²) < 4.78 is 11.6. The number of aromatic nitrogens is 3. The van der Waals surface area contributed by atoms with Crippen LogP contribution in [0.25, 0.3) is 6.08 Å². The van der Waals surface area contributed by atoms with Gasteiger partial charge in [-0.1, -0.05) is 48.3 Å². The van der Waals surface area contributed by atoms with Crippen LogP contribution in [0.3, 0.4) is 0 Å². The maximum absolute atomic E-state index is 6.70. The minimum atomic E-state index is 0.225. The van der Waals surface area contributed by atoms with Crippen LogP contribution in [0.4, 0.5) is 17.5 Å². The maximum Gasteiger partial charge on any atom is 0.325 e. The summed E-state index contributed by atoms with van der Waals surface area (Å²) in [7, 11) is 2.13. The van der Waals surface area contributed by atoms with Gasteiger partial charge in [-0.25, -0.2) is 0 Å². The predicted molar refractivity (Wildman–Crippen MR) is 134 cm³/mol. The van der Waals surface area contributed by atoms with Gasteiger partial charge in [-0.3, -0.25) is 0 Å². The lowest BCUT2D eigenvalue weighted by atomic mass is 10.1. The fourth-order valence-corrected chi connectivity index (χ4v) is 4.44. The smallest absolute Gasteiger partial charge is 0.325 e. The van der Waals surface area contributed by atoms with Crippen LogP contribution in [-0.4, -0.2) is 53.3 Å². The molecule has 0 bridgehead atoms. The van der Waals surface area contributed by atoms with Crippen molar-refractivity contribution in [1.29, 1.82) is 0 Å². The second-order valence-electron chi connectivity index (χ2n) is 9.30. The first kappa shape index (κ1) is 22.7. The Morgan fingerprint density at radius 2 is 1.91 bits per heavy atom. The number of anilines is 3. The van der Waals surface area contributed by atoms with E-state index in [1.54, 1.807) is 0 Å². The molecule has 1 N–H and O–H groups in total. The van der Waals surface area contributed by atoms with Crippen molar-refractivity contribution < 1.29 is 9.26 Å². The molecule has 0 spiro atoms. The van der Waals surface area contributed by atoms with Crippen molar-refractivity contribution in [2.24, 2.45) is 0 Å². The summed E-state index contributed by atoms with van der Waals surface area (Å²) in [5.41, 5.74) is 4.37. The second-order valence-corrected chi connectivity index (χ2v) is 9.68. The predicted octanol–water partition coefficient (Wildman–Crippen LogP) is 5.49. The number of fused-ring (bicyclic) bond motifs is 1. The number of hydrogen-bond donors (Lipinski definition) is 1. The van der Waals surface area contributed by atoms with Crippen LogP contribution >= 0.6 is 11.6 Å². The minimum absolute atomic E-state index is 0.225. The van der Waals surface area contributed by atoms with Crippen LogP contribution in [0.15, 0.2) is 34.4 Å². The fourth-order valence-electron chi connectivity index (χ4n) is 4.16. The zero-order valence-electron chi connectivity index (χ0n) is 19.9. The van der Waals surface area contributed by atoms with Crippen LogP contribution in [0.5, 0.6) is 11.8 Å². The van der Waals surface area contributed by atoms with Gasteiger partial charge in [0.1, 0.15) is 17.4 Å². The zero-order valence-corrected chi connectivity index (χ0v) is 20.7. The molecule has 3 heterocycles. The Kier molecular flexibility index (Phi) is 6.18. The Morgan fingerprint density at radius 3 is 2.65 bits per heavy atom. The second kappa shape index (κ2) is 9.27. The van der Waals surface area contributed by atoms with Crippen LogP contribution in [0.2, 0.25) is 5.02 Å². The van der Waals surface area contributed by atoms with Crippen molar-refractivity contribution in [3.63, 3.8) is 0 Å². The van der Waals surface area contributed by atoms with Gasteiger partial charge < -0.3 is 24.4 Å². The molecule has 0 atom stereocenters. The summed E-state index contributed by atoms with van der Waals surface area (Å²) in [6, 6.07) is 7.96. The number of rotatable bonds is 6. The summed E-state index contributed by atoms with van der Waals surface area (Å²) in [6.45, 7) is 9.91. The van der Waals surface area contributed by atoms with Crippen LogP contribution < -0.4 is 15.0 Å². The van der Waals surface area contributed by atoms with Crippen molar-refractivity contribution >= 4 is 35.2 Å². The van der Waals surface area contributed by atoms with E-state index in [9.17, 15) is 0 Å². The Morgan fingerprint density at radius 1 is 1.12 bits per heavy atom. The number of hydrogen-bond acceptors (Lipinski definition) is 8. The quantitative estimate of drug-likeness (QED) is 0.496.